The highest BCUT2D eigenvalue weighted by atomic mass is 32.1. The smallest absolute Gasteiger partial charge is 0.175 e. The van der Waals surface area contributed by atoms with Gasteiger partial charge in [-0.3, -0.25) is 0 Å². The first kappa shape index (κ1) is 18.7. The van der Waals surface area contributed by atoms with Crippen LogP contribution in [0, 0.1) is 0 Å². The van der Waals surface area contributed by atoms with Crippen LogP contribution < -0.4 is 20.1 Å². The highest BCUT2D eigenvalue weighted by Gasteiger charge is 2.09. The fourth-order valence-electron chi connectivity index (χ4n) is 2.80. The molecule has 0 bridgehead atoms. The number of anilines is 2. The number of hydrogen-bond donors (Lipinski definition) is 2. The minimum Gasteiger partial charge on any atom is -0.497 e. The molecule has 0 aliphatic carbocycles. The molecule has 0 heterocycles. The van der Waals surface area contributed by atoms with Crippen molar-refractivity contribution in [1.82, 2.24) is 0 Å². The second-order valence-corrected chi connectivity index (χ2v) is 6.37. The summed E-state index contributed by atoms with van der Waals surface area (Å²) in [7, 11) is 3.25. The molecule has 0 saturated heterocycles. The Bertz CT molecular complexity index is 913. The van der Waals surface area contributed by atoms with Crippen molar-refractivity contribution in [2.75, 3.05) is 24.9 Å². The van der Waals surface area contributed by atoms with E-state index in [2.05, 4.69) is 28.8 Å². The van der Waals surface area contributed by atoms with Crippen LogP contribution in [0.1, 0.15) is 11.1 Å². The number of para-hydroxylation sites is 1. The van der Waals surface area contributed by atoms with Crippen molar-refractivity contribution in [3.8, 4) is 11.5 Å². The van der Waals surface area contributed by atoms with Gasteiger partial charge in [0.2, 0.25) is 0 Å². The Morgan fingerprint density at radius 3 is 2.26 bits per heavy atom. The molecule has 3 aromatic rings. The summed E-state index contributed by atoms with van der Waals surface area (Å²) in [5.74, 6) is 1.42. The molecule has 0 aliphatic rings. The van der Waals surface area contributed by atoms with Crippen molar-refractivity contribution < 1.29 is 9.47 Å². The van der Waals surface area contributed by atoms with Crippen LogP contribution in [0.5, 0.6) is 11.5 Å². The Morgan fingerprint density at radius 2 is 1.52 bits per heavy atom. The van der Waals surface area contributed by atoms with E-state index >= 15 is 0 Å². The maximum atomic E-state index is 5.51. The van der Waals surface area contributed by atoms with Crippen LogP contribution in [0.15, 0.2) is 72.8 Å². The van der Waals surface area contributed by atoms with Gasteiger partial charge in [0.15, 0.2) is 5.11 Å². The van der Waals surface area contributed by atoms with E-state index in [9.17, 15) is 0 Å². The molecule has 0 aliphatic heterocycles. The van der Waals surface area contributed by atoms with Gasteiger partial charge in [0, 0.05) is 11.8 Å². The maximum absolute atomic E-state index is 5.51. The molecule has 27 heavy (non-hydrogen) atoms. The van der Waals surface area contributed by atoms with Gasteiger partial charge in [0.25, 0.3) is 0 Å². The van der Waals surface area contributed by atoms with E-state index in [4.69, 9.17) is 21.7 Å². The number of benzene rings is 3. The molecule has 0 amide bonds. The lowest BCUT2D eigenvalue weighted by Gasteiger charge is -2.16. The summed E-state index contributed by atoms with van der Waals surface area (Å²) >= 11 is 5.51. The van der Waals surface area contributed by atoms with Gasteiger partial charge in [-0.2, -0.15) is 0 Å². The largest absolute Gasteiger partial charge is 0.497 e. The molecule has 3 rings (SSSR count). The van der Waals surface area contributed by atoms with Crippen LogP contribution in [-0.4, -0.2) is 19.3 Å². The van der Waals surface area contributed by atoms with Gasteiger partial charge in [0.05, 0.1) is 19.9 Å². The van der Waals surface area contributed by atoms with Crippen LogP contribution in [-0.2, 0) is 6.42 Å². The first-order valence-electron chi connectivity index (χ1n) is 8.61. The van der Waals surface area contributed by atoms with Gasteiger partial charge in [0.1, 0.15) is 11.5 Å². The molecule has 0 spiro atoms. The minimum absolute atomic E-state index is 0.488. The Labute approximate surface area is 165 Å². The number of methoxy groups -OCH3 is 2. The van der Waals surface area contributed by atoms with Crippen LogP contribution in [0.25, 0.3) is 0 Å². The summed E-state index contributed by atoms with van der Waals surface area (Å²) in [6, 6.07) is 24.0. The number of thiocarbonyl (C=S) groups is 1. The summed E-state index contributed by atoms with van der Waals surface area (Å²) in [5, 5.41) is 6.97. The summed E-state index contributed by atoms with van der Waals surface area (Å²) in [4.78, 5) is 0. The molecule has 0 atom stereocenters. The molecular weight excluding hydrogens is 356 g/mol. The molecule has 0 fully saturated rings. The zero-order valence-corrected chi connectivity index (χ0v) is 16.2. The van der Waals surface area contributed by atoms with E-state index < -0.39 is 0 Å². The number of hydrogen-bond acceptors (Lipinski definition) is 3. The van der Waals surface area contributed by atoms with Crippen molar-refractivity contribution in [2.45, 2.75) is 6.42 Å². The van der Waals surface area contributed by atoms with Crippen molar-refractivity contribution in [3.05, 3.63) is 83.9 Å². The lowest BCUT2D eigenvalue weighted by atomic mass is 10.0. The van der Waals surface area contributed by atoms with Gasteiger partial charge in [-0.15, -0.1) is 0 Å². The predicted molar refractivity (Wildman–Crippen MR) is 115 cm³/mol. The van der Waals surface area contributed by atoms with Crippen molar-refractivity contribution in [1.29, 1.82) is 0 Å². The molecular formula is C22H22N2O2S. The number of rotatable bonds is 6. The third kappa shape index (κ3) is 4.99. The Kier molecular flexibility index (Phi) is 6.28. The molecule has 0 saturated carbocycles. The zero-order valence-electron chi connectivity index (χ0n) is 15.4. The Hall–Kier alpha value is -3.05. The van der Waals surface area contributed by atoms with Crippen LogP contribution in [0.2, 0.25) is 0 Å². The van der Waals surface area contributed by atoms with Gasteiger partial charge < -0.3 is 20.1 Å². The minimum atomic E-state index is 0.488. The summed E-state index contributed by atoms with van der Waals surface area (Å²) in [6.45, 7) is 0. The summed E-state index contributed by atoms with van der Waals surface area (Å²) < 4.78 is 10.7. The van der Waals surface area contributed by atoms with Crippen LogP contribution >= 0.6 is 12.2 Å². The molecule has 5 heteroatoms. The second kappa shape index (κ2) is 9.05. The molecule has 4 nitrogen and oxygen atoms in total. The molecule has 0 unspecified atom stereocenters. The van der Waals surface area contributed by atoms with Crippen molar-refractivity contribution in [2.24, 2.45) is 0 Å². The number of nitrogens with one attached hydrogen (secondary N) is 2. The molecule has 0 radical (unpaired) electrons. The normalized spacial score (nSPS) is 10.1. The monoisotopic (exact) mass is 378 g/mol. The van der Waals surface area contributed by atoms with Crippen molar-refractivity contribution >= 4 is 28.7 Å². The first-order valence-corrected chi connectivity index (χ1v) is 9.02. The average molecular weight is 378 g/mol. The fourth-order valence-corrected chi connectivity index (χ4v) is 3.02. The fraction of sp³-hybridized carbons (Fsp3) is 0.136. The lowest BCUT2D eigenvalue weighted by Crippen LogP contribution is -2.20. The highest BCUT2D eigenvalue weighted by molar-refractivity contribution is 7.80. The quantitative estimate of drug-likeness (QED) is 0.584. The van der Waals surface area contributed by atoms with Gasteiger partial charge in [-0.25, -0.2) is 0 Å². The Balaban J connectivity index is 1.75. The predicted octanol–water partition coefficient (Wildman–Crippen LogP) is 5.10. The topological polar surface area (TPSA) is 42.5 Å². The zero-order chi connectivity index (χ0) is 19.1. The number of ether oxygens (including phenoxy) is 2. The average Bonchev–Trinajstić information content (AvgIpc) is 2.70. The van der Waals surface area contributed by atoms with Crippen molar-refractivity contribution in [3.63, 3.8) is 0 Å². The second-order valence-electron chi connectivity index (χ2n) is 5.96. The van der Waals surface area contributed by atoms with Gasteiger partial charge in [-0.05, 0) is 48.0 Å². The SMILES string of the molecule is COc1ccc(OC)c(NC(=S)Nc2ccccc2Cc2ccccc2)c1. The standard InChI is InChI=1S/C22H22N2O2S/c1-25-18-12-13-21(26-2)20(15-18)24-22(27)23-19-11-7-6-10-17(19)14-16-8-4-3-5-9-16/h3-13,15H,14H2,1-2H3,(H2,23,24,27). The van der Waals surface area contributed by atoms with E-state index in [0.717, 1.165) is 23.5 Å². The Morgan fingerprint density at radius 1 is 0.815 bits per heavy atom. The van der Waals surface area contributed by atoms with E-state index in [1.165, 1.54) is 11.1 Å². The van der Waals surface area contributed by atoms with E-state index in [-0.39, 0.29) is 0 Å². The molecule has 3 aromatic carbocycles. The molecule has 0 aromatic heterocycles. The molecule has 138 valence electrons. The van der Waals surface area contributed by atoms with E-state index in [1.807, 2.05) is 54.6 Å². The summed E-state index contributed by atoms with van der Waals surface area (Å²) in [6.07, 6.45) is 0.828. The van der Waals surface area contributed by atoms with Crippen LogP contribution in [0.3, 0.4) is 0 Å². The highest BCUT2D eigenvalue weighted by Crippen LogP contribution is 2.29. The van der Waals surface area contributed by atoms with Gasteiger partial charge >= 0.3 is 0 Å². The lowest BCUT2D eigenvalue weighted by molar-refractivity contribution is 0.405. The van der Waals surface area contributed by atoms with Gasteiger partial charge in [-0.1, -0.05) is 48.5 Å². The van der Waals surface area contributed by atoms with E-state index in [0.29, 0.717) is 10.9 Å². The first-order chi connectivity index (χ1) is 13.2. The van der Waals surface area contributed by atoms with E-state index in [1.54, 1.807) is 14.2 Å². The third-order valence-corrected chi connectivity index (χ3v) is 4.36. The third-order valence-electron chi connectivity index (χ3n) is 4.16. The summed E-state index contributed by atoms with van der Waals surface area (Å²) in [5.41, 5.74) is 4.14. The van der Waals surface area contributed by atoms with Crippen LogP contribution in [0.4, 0.5) is 11.4 Å². The maximum Gasteiger partial charge on any atom is 0.175 e. The molecule has 2 N–H and O–H groups in total.